The van der Waals surface area contributed by atoms with Crippen molar-refractivity contribution in [3.05, 3.63) is 29.8 Å². The quantitative estimate of drug-likeness (QED) is 0.776. The first-order valence-corrected chi connectivity index (χ1v) is 6.81. The number of hydrogen-bond acceptors (Lipinski definition) is 2. The van der Waals surface area contributed by atoms with Crippen LogP contribution in [0.4, 0.5) is 0 Å². The molecule has 0 radical (unpaired) electrons. The van der Waals surface area contributed by atoms with Crippen LogP contribution in [0.3, 0.4) is 0 Å². The Bertz CT molecular complexity index is 333. The van der Waals surface area contributed by atoms with Gasteiger partial charge in [0, 0.05) is 0 Å². The van der Waals surface area contributed by atoms with Crippen molar-refractivity contribution in [3.63, 3.8) is 0 Å². The predicted octanol–water partition coefficient (Wildman–Crippen LogP) is 3.91. The highest BCUT2D eigenvalue weighted by Gasteiger charge is 2.12. The van der Waals surface area contributed by atoms with Crippen molar-refractivity contribution >= 4 is 0 Å². The van der Waals surface area contributed by atoms with Gasteiger partial charge < -0.3 is 9.84 Å². The summed E-state index contributed by atoms with van der Waals surface area (Å²) >= 11 is 0. The SMILES string of the molecule is CC(O)CCCCOc1ccc(C(C)(C)C)cc1. The highest BCUT2D eigenvalue weighted by atomic mass is 16.5. The second-order valence-electron chi connectivity index (χ2n) is 5.97. The van der Waals surface area contributed by atoms with Crippen molar-refractivity contribution in [1.82, 2.24) is 0 Å². The summed E-state index contributed by atoms with van der Waals surface area (Å²) in [6.07, 6.45) is 2.66. The maximum atomic E-state index is 9.13. The summed E-state index contributed by atoms with van der Waals surface area (Å²) < 4.78 is 5.67. The fourth-order valence-electron chi connectivity index (χ4n) is 1.78. The molecule has 1 atom stereocenters. The molecule has 0 bridgehead atoms. The van der Waals surface area contributed by atoms with Crippen molar-refractivity contribution in [3.8, 4) is 5.75 Å². The lowest BCUT2D eigenvalue weighted by atomic mass is 9.87. The lowest BCUT2D eigenvalue weighted by Crippen LogP contribution is -2.10. The maximum Gasteiger partial charge on any atom is 0.119 e. The number of benzene rings is 1. The van der Waals surface area contributed by atoms with E-state index in [4.69, 9.17) is 9.84 Å². The minimum atomic E-state index is -0.198. The number of rotatable bonds is 6. The molecule has 18 heavy (non-hydrogen) atoms. The van der Waals surface area contributed by atoms with Gasteiger partial charge in [0.05, 0.1) is 12.7 Å². The first kappa shape index (κ1) is 15.0. The van der Waals surface area contributed by atoms with Crippen LogP contribution in [0.5, 0.6) is 5.75 Å². The van der Waals surface area contributed by atoms with Crippen LogP contribution in [0.1, 0.15) is 52.5 Å². The van der Waals surface area contributed by atoms with Gasteiger partial charge in [-0.15, -0.1) is 0 Å². The highest BCUT2D eigenvalue weighted by Crippen LogP contribution is 2.24. The fourth-order valence-corrected chi connectivity index (χ4v) is 1.78. The molecule has 0 fully saturated rings. The van der Waals surface area contributed by atoms with Gasteiger partial charge in [0.15, 0.2) is 0 Å². The van der Waals surface area contributed by atoms with Gasteiger partial charge in [-0.1, -0.05) is 32.9 Å². The highest BCUT2D eigenvalue weighted by molar-refractivity contribution is 5.31. The third-order valence-corrected chi connectivity index (χ3v) is 3.01. The Labute approximate surface area is 111 Å². The molecule has 0 spiro atoms. The molecule has 1 aromatic rings. The molecule has 0 aliphatic heterocycles. The first-order valence-electron chi connectivity index (χ1n) is 6.81. The molecule has 0 saturated carbocycles. The Morgan fingerprint density at radius 1 is 1.11 bits per heavy atom. The van der Waals surface area contributed by atoms with E-state index in [9.17, 15) is 0 Å². The largest absolute Gasteiger partial charge is 0.494 e. The number of aliphatic hydroxyl groups is 1. The van der Waals surface area contributed by atoms with Gasteiger partial charge in [-0.05, 0) is 49.3 Å². The van der Waals surface area contributed by atoms with E-state index in [1.807, 2.05) is 19.1 Å². The lowest BCUT2D eigenvalue weighted by Gasteiger charge is -2.19. The molecule has 0 aliphatic rings. The predicted molar refractivity (Wildman–Crippen MR) is 76.2 cm³/mol. The zero-order valence-corrected chi connectivity index (χ0v) is 12.1. The van der Waals surface area contributed by atoms with Crippen molar-refractivity contribution in [2.75, 3.05) is 6.61 Å². The van der Waals surface area contributed by atoms with Crippen molar-refractivity contribution < 1.29 is 9.84 Å². The second-order valence-corrected chi connectivity index (χ2v) is 5.97. The monoisotopic (exact) mass is 250 g/mol. The Balaban J connectivity index is 2.31. The molecular formula is C16H26O2. The smallest absolute Gasteiger partial charge is 0.119 e. The van der Waals surface area contributed by atoms with Crippen LogP contribution >= 0.6 is 0 Å². The maximum absolute atomic E-state index is 9.13. The third-order valence-electron chi connectivity index (χ3n) is 3.01. The molecule has 2 nitrogen and oxygen atoms in total. The van der Waals surface area contributed by atoms with E-state index in [-0.39, 0.29) is 11.5 Å². The molecule has 0 saturated heterocycles. The summed E-state index contributed by atoms with van der Waals surface area (Å²) in [5.41, 5.74) is 1.51. The van der Waals surface area contributed by atoms with E-state index in [1.54, 1.807) is 0 Å². The lowest BCUT2D eigenvalue weighted by molar-refractivity contribution is 0.177. The summed E-state index contributed by atoms with van der Waals surface area (Å²) in [4.78, 5) is 0. The molecule has 1 N–H and O–H groups in total. The summed E-state index contributed by atoms with van der Waals surface area (Å²) in [5.74, 6) is 0.931. The Kier molecular flexibility index (Phi) is 5.67. The summed E-state index contributed by atoms with van der Waals surface area (Å²) in [5, 5.41) is 9.13. The third kappa shape index (κ3) is 5.54. The zero-order chi connectivity index (χ0) is 13.6. The van der Waals surface area contributed by atoms with Crippen LogP contribution in [-0.4, -0.2) is 17.8 Å². The summed E-state index contributed by atoms with van der Waals surface area (Å²) in [7, 11) is 0. The molecule has 0 aliphatic carbocycles. The zero-order valence-electron chi connectivity index (χ0n) is 12.1. The molecule has 1 aromatic carbocycles. The molecule has 2 heteroatoms. The molecule has 0 amide bonds. The number of ether oxygens (including phenoxy) is 1. The number of aliphatic hydroxyl groups excluding tert-OH is 1. The van der Waals surface area contributed by atoms with Gasteiger partial charge in [-0.2, -0.15) is 0 Å². The number of hydrogen-bond donors (Lipinski definition) is 1. The van der Waals surface area contributed by atoms with Crippen LogP contribution < -0.4 is 4.74 Å². The molecule has 1 unspecified atom stereocenters. The Hall–Kier alpha value is -1.02. The van der Waals surface area contributed by atoms with E-state index < -0.39 is 0 Å². The minimum absolute atomic E-state index is 0.190. The Morgan fingerprint density at radius 2 is 1.72 bits per heavy atom. The van der Waals surface area contributed by atoms with Crippen molar-refractivity contribution in [2.45, 2.75) is 58.5 Å². The molecule has 1 rings (SSSR count). The van der Waals surface area contributed by atoms with Crippen molar-refractivity contribution in [2.24, 2.45) is 0 Å². The second kappa shape index (κ2) is 6.79. The number of unbranched alkanes of at least 4 members (excludes halogenated alkanes) is 1. The summed E-state index contributed by atoms with van der Waals surface area (Å²) in [6.45, 7) is 9.17. The van der Waals surface area contributed by atoms with Gasteiger partial charge in [-0.3, -0.25) is 0 Å². The van der Waals surface area contributed by atoms with Gasteiger partial charge >= 0.3 is 0 Å². The van der Waals surface area contributed by atoms with Crippen LogP contribution in [0, 0.1) is 0 Å². The molecular weight excluding hydrogens is 224 g/mol. The molecule has 0 heterocycles. The topological polar surface area (TPSA) is 29.5 Å². The van der Waals surface area contributed by atoms with Crippen LogP contribution in [0.25, 0.3) is 0 Å². The van der Waals surface area contributed by atoms with Crippen molar-refractivity contribution in [1.29, 1.82) is 0 Å². The average molecular weight is 250 g/mol. The average Bonchev–Trinajstić information content (AvgIpc) is 2.27. The van der Waals surface area contributed by atoms with E-state index >= 15 is 0 Å². The van der Waals surface area contributed by atoms with Crippen LogP contribution in [0.2, 0.25) is 0 Å². The van der Waals surface area contributed by atoms with E-state index in [0.717, 1.165) is 31.6 Å². The Morgan fingerprint density at radius 3 is 2.22 bits per heavy atom. The fraction of sp³-hybridized carbons (Fsp3) is 0.625. The van der Waals surface area contributed by atoms with E-state index in [2.05, 4.69) is 32.9 Å². The summed E-state index contributed by atoms with van der Waals surface area (Å²) in [6, 6.07) is 8.33. The van der Waals surface area contributed by atoms with Crippen LogP contribution in [-0.2, 0) is 5.41 Å². The standard InChI is InChI=1S/C16H26O2/c1-13(17)7-5-6-12-18-15-10-8-14(9-11-15)16(2,3)4/h8-11,13,17H,5-7,12H2,1-4H3. The van der Waals surface area contributed by atoms with Gasteiger partial charge in [0.1, 0.15) is 5.75 Å². The molecule has 102 valence electrons. The van der Waals surface area contributed by atoms with E-state index in [1.165, 1.54) is 5.56 Å². The van der Waals surface area contributed by atoms with Gasteiger partial charge in [0.2, 0.25) is 0 Å². The van der Waals surface area contributed by atoms with Crippen LogP contribution in [0.15, 0.2) is 24.3 Å². The van der Waals surface area contributed by atoms with Gasteiger partial charge in [0.25, 0.3) is 0 Å². The first-order chi connectivity index (χ1) is 8.39. The minimum Gasteiger partial charge on any atom is -0.494 e. The molecule has 0 aromatic heterocycles. The normalized spacial score (nSPS) is 13.4. The van der Waals surface area contributed by atoms with Gasteiger partial charge in [-0.25, -0.2) is 0 Å². The van der Waals surface area contributed by atoms with E-state index in [0.29, 0.717) is 0 Å².